The van der Waals surface area contributed by atoms with Gasteiger partial charge in [0.2, 0.25) is 23.3 Å². The van der Waals surface area contributed by atoms with E-state index in [0.29, 0.717) is 42.1 Å². The van der Waals surface area contributed by atoms with Crippen molar-refractivity contribution < 1.29 is 58.8 Å². The topological polar surface area (TPSA) is 460 Å². The van der Waals surface area contributed by atoms with Gasteiger partial charge in [0, 0.05) is 148 Å². The molecule has 0 amide bonds. The van der Waals surface area contributed by atoms with Gasteiger partial charge in [-0.15, -0.1) is 20.4 Å². The molecule has 0 unspecified atom stereocenters. The predicted molar refractivity (Wildman–Crippen MR) is 528 cm³/mol. The Bertz CT molecular complexity index is 7100. The molecule has 8 N–H and O–H groups in total. The monoisotopic (exact) mass is 2020 g/mol. The minimum atomic E-state index is -1.13. The molecule has 16 heterocycles. The lowest BCUT2D eigenvalue weighted by Crippen LogP contribution is -2.36. The highest BCUT2D eigenvalue weighted by Gasteiger charge is 2.30. The number of aromatic nitrogens is 28. The lowest BCUT2D eigenvalue weighted by molar-refractivity contribution is 0.0367. The summed E-state index contributed by atoms with van der Waals surface area (Å²) in [6.07, 6.45) is 36.1. The standard InChI is InChI=1S/C26H31F2N9O.C24H27F2N9O2.2C24H27F2N9O/c1-2-9-36-17-19(16-31-36)18-14-20(25(29)30-15-18)26-32-33-34-37(26)21-7-8-22(24(28)23(21)27)38-13-6-12-35-10-4-3-5-11-35;1-33-15-17(14-29-33)16-12-18(23(27)28-13-16)24-30-31-32-35(24)19-4-5-20(22(26)21(19)25)37-9-3-2-6-34-7-10-36-11-8-34;1-33-15-17(14-29-33)16-12-18(23(27)28-13-16)24-30-31-32-35(24)19-6-7-20(22(26)21(19)25)36-11-5-4-10-34-8-2-3-9-34;1-33-15-17(14-29-33)16-12-18(23(27)28-13-16)24-30-31-32-35(24)19-6-7-20(22(26)21(19)25)36-11-5-10-34-8-3-2-4-9-34/h7-8,14-17H,2-6,9-13H2,1H3,(H2,29,30);4-5,12-15H,2-3,6-11H2,1H3,(H2,27,28);2*6-7,12-15H,2-5,8-11H2,1H3,(H2,27,28). The Morgan fingerprint density at radius 3 is 0.864 bits per heavy atom. The van der Waals surface area contributed by atoms with Crippen LogP contribution >= 0.6 is 0 Å². The van der Waals surface area contributed by atoms with Gasteiger partial charge in [-0.3, -0.25) is 23.6 Å². The number of hydrogen-bond donors (Lipinski definition) is 4. The molecular formula is C98H112F8N36O5. The van der Waals surface area contributed by atoms with E-state index in [1.54, 1.807) is 109 Å². The van der Waals surface area contributed by atoms with E-state index in [4.69, 9.17) is 46.6 Å². The molecule has 4 aliphatic rings. The van der Waals surface area contributed by atoms with Crippen molar-refractivity contribution in [1.82, 2.24) is 159 Å². The van der Waals surface area contributed by atoms with Crippen LogP contribution in [0, 0.1) is 46.5 Å². The molecule has 147 heavy (non-hydrogen) atoms. The van der Waals surface area contributed by atoms with E-state index in [0.717, 1.165) is 206 Å². The minimum Gasteiger partial charge on any atom is -0.490 e. The number of nitrogens with two attached hydrogens (primary N) is 4. The summed E-state index contributed by atoms with van der Waals surface area (Å²) in [5.74, 6) is -8.40. The van der Waals surface area contributed by atoms with Crippen molar-refractivity contribution in [2.45, 2.75) is 110 Å². The van der Waals surface area contributed by atoms with Crippen LogP contribution in [0.5, 0.6) is 23.0 Å². The number of morpholine rings is 1. The summed E-state index contributed by atoms with van der Waals surface area (Å²) in [6.45, 7) is 17.6. The lowest BCUT2D eigenvalue weighted by atomic mass is 10.1. The van der Waals surface area contributed by atoms with Crippen molar-refractivity contribution in [1.29, 1.82) is 0 Å². The van der Waals surface area contributed by atoms with E-state index in [-0.39, 0.29) is 98.9 Å². The first kappa shape index (κ1) is 103. The average molecular weight is 2030 g/mol. The Kier molecular flexibility index (Phi) is 34.1. The predicted octanol–water partition coefficient (Wildman–Crippen LogP) is 13.1. The Morgan fingerprint density at radius 1 is 0.299 bits per heavy atom. The zero-order valence-corrected chi connectivity index (χ0v) is 81.6. The molecule has 0 aliphatic carbocycles. The molecule has 12 aromatic heterocycles. The van der Waals surface area contributed by atoms with Crippen molar-refractivity contribution in [3.63, 3.8) is 0 Å². The quantitative estimate of drug-likeness (QED) is 0.0209. The number of rotatable bonds is 36. The number of benzene rings is 4. The number of piperidine rings is 2. The molecule has 0 atom stereocenters. The molecule has 20 rings (SSSR count). The summed E-state index contributed by atoms with van der Waals surface area (Å²) in [7, 11) is 5.40. The third kappa shape index (κ3) is 25.1. The van der Waals surface area contributed by atoms with Crippen molar-refractivity contribution >= 4 is 23.3 Å². The Hall–Kier alpha value is -15.8. The van der Waals surface area contributed by atoms with Crippen LogP contribution in [0.4, 0.5) is 58.4 Å². The van der Waals surface area contributed by atoms with E-state index < -0.39 is 46.5 Å². The molecule has 0 radical (unpaired) electrons. The van der Waals surface area contributed by atoms with Crippen molar-refractivity contribution in [3.05, 3.63) is 194 Å². The molecule has 4 saturated heterocycles. The van der Waals surface area contributed by atoms with Crippen molar-refractivity contribution in [2.75, 3.05) is 141 Å². The van der Waals surface area contributed by atoms with E-state index in [1.165, 1.54) is 99.9 Å². The number of aryl methyl sites for hydroxylation is 4. The van der Waals surface area contributed by atoms with Crippen molar-refractivity contribution in [3.8, 4) is 136 Å². The van der Waals surface area contributed by atoms with Crippen LogP contribution in [0.25, 0.3) is 113 Å². The van der Waals surface area contributed by atoms with Crippen LogP contribution in [-0.4, -0.2) is 278 Å². The molecule has 770 valence electrons. The summed E-state index contributed by atoms with van der Waals surface area (Å²) >= 11 is 0. The Morgan fingerprint density at radius 2 is 0.571 bits per heavy atom. The Balaban J connectivity index is 0.000000134. The molecule has 0 saturated carbocycles. The molecule has 0 spiro atoms. The molecule has 4 aromatic carbocycles. The van der Waals surface area contributed by atoms with Gasteiger partial charge < -0.3 is 61.3 Å². The molecule has 0 bridgehead atoms. The van der Waals surface area contributed by atoms with Gasteiger partial charge in [-0.25, -0.2) is 37.5 Å². The highest BCUT2D eigenvalue weighted by molar-refractivity contribution is 5.80. The van der Waals surface area contributed by atoms with Crippen LogP contribution < -0.4 is 41.9 Å². The number of unbranched alkanes of at least 4 members (excludes halogenated alkanes) is 2. The largest absolute Gasteiger partial charge is 0.490 e. The summed E-state index contributed by atoms with van der Waals surface area (Å²) in [5, 5.41) is 63.0. The van der Waals surface area contributed by atoms with Crippen LogP contribution in [0.15, 0.2) is 147 Å². The van der Waals surface area contributed by atoms with E-state index in [9.17, 15) is 17.6 Å². The van der Waals surface area contributed by atoms with Crippen molar-refractivity contribution in [2.24, 2.45) is 21.1 Å². The number of hydrogen-bond acceptors (Lipinski definition) is 33. The number of pyridine rings is 4. The van der Waals surface area contributed by atoms with Gasteiger partial charge >= 0.3 is 0 Å². The zero-order chi connectivity index (χ0) is 102. The summed E-state index contributed by atoms with van der Waals surface area (Å²) in [5.41, 5.74) is 31.4. The van der Waals surface area contributed by atoms with Gasteiger partial charge in [0.15, 0.2) is 69.6 Å². The van der Waals surface area contributed by atoms with E-state index in [1.807, 2.05) is 29.5 Å². The molecule has 41 nitrogen and oxygen atoms in total. The normalized spacial score (nSPS) is 14.2. The Labute approximate surface area is 839 Å². The van der Waals surface area contributed by atoms with Gasteiger partial charge in [-0.05, 0) is 250 Å². The maximum atomic E-state index is 15.2. The van der Waals surface area contributed by atoms with Crippen LogP contribution in [0.1, 0.15) is 103 Å². The molecule has 4 fully saturated rings. The number of anilines is 4. The maximum Gasteiger partial charge on any atom is 0.202 e. The number of tetrazole rings is 4. The number of nitrogen functional groups attached to an aromatic ring is 4. The number of halogens is 8. The minimum absolute atomic E-state index is 0.117. The molecule has 16 aromatic rings. The van der Waals surface area contributed by atoms with Gasteiger partial charge in [0.05, 0.1) is 86.7 Å². The van der Waals surface area contributed by atoms with E-state index >= 15 is 17.6 Å². The lowest BCUT2D eigenvalue weighted by Gasteiger charge is -2.26. The van der Waals surface area contributed by atoms with Gasteiger partial charge in [0.25, 0.3) is 0 Å². The first-order chi connectivity index (χ1) is 71.6. The molecular weight excluding hydrogens is 1910 g/mol. The highest BCUT2D eigenvalue weighted by atomic mass is 19.2. The van der Waals surface area contributed by atoms with Gasteiger partial charge in [-0.2, -0.15) is 56.7 Å². The highest BCUT2D eigenvalue weighted by Crippen LogP contribution is 2.39. The number of ether oxygens (including phenoxy) is 5. The second kappa shape index (κ2) is 48.8. The van der Waals surface area contributed by atoms with Gasteiger partial charge in [0.1, 0.15) is 46.0 Å². The average Bonchev–Trinajstić information content (AvgIpc) is 1.70. The fourth-order valence-electron chi connectivity index (χ4n) is 17.5. The summed E-state index contributed by atoms with van der Waals surface area (Å²) < 4.78 is 159. The summed E-state index contributed by atoms with van der Waals surface area (Å²) in [6, 6.07) is 18.0. The first-order valence-corrected chi connectivity index (χ1v) is 48.7. The number of nitrogens with zero attached hydrogens (tertiary/aromatic N) is 32. The van der Waals surface area contributed by atoms with Crippen LogP contribution in [0.3, 0.4) is 0 Å². The molecule has 4 aliphatic heterocycles. The van der Waals surface area contributed by atoms with E-state index in [2.05, 4.69) is 129 Å². The fraction of sp³-hybridized carbons (Fsp3) is 0.388. The van der Waals surface area contributed by atoms with Crippen LogP contribution in [-0.2, 0) is 32.4 Å². The summed E-state index contributed by atoms with van der Waals surface area (Å²) in [4.78, 5) is 26.4. The van der Waals surface area contributed by atoms with Gasteiger partial charge in [-0.1, -0.05) is 19.8 Å². The smallest absolute Gasteiger partial charge is 0.202 e. The second-order valence-electron chi connectivity index (χ2n) is 35.7. The maximum absolute atomic E-state index is 15.2. The van der Waals surface area contributed by atoms with Crippen LogP contribution in [0.2, 0.25) is 0 Å². The fourth-order valence-corrected chi connectivity index (χ4v) is 17.5. The molecule has 49 heteroatoms. The third-order valence-electron chi connectivity index (χ3n) is 25.3. The first-order valence-electron chi connectivity index (χ1n) is 48.7. The number of likely N-dealkylation sites (tertiary alicyclic amines) is 3. The second-order valence-corrected chi connectivity index (χ2v) is 35.7. The third-order valence-corrected chi connectivity index (χ3v) is 25.3. The zero-order valence-electron chi connectivity index (χ0n) is 81.6. The SMILES string of the molecule is CCCn1cc(-c2cnc(N)c(-c3nnnn3-c3ccc(OCCCN4CCCCC4)c(F)c3F)c2)cn1.Cn1cc(-c2cnc(N)c(-c3nnnn3-c3ccc(OCCCCN4CCCC4)c(F)c3F)c2)cn1.Cn1cc(-c2cnc(N)c(-c3nnnn3-c3ccc(OCCCCN4CCOCC4)c(F)c3F)c2)cn1.Cn1cc(-c2cnc(N)c(-c3nnnn3-c3ccc(OCCCN4CCCCC4)c(F)c3F)c2)cn1.